The molecule has 2 aromatic carbocycles. The number of oxime groups is 1. The highest BCUT2D eigenvalue weighted by molar-refractivity contribution is 5.91. The Labute approximate surface area is 177 Å². The van der Waals surface area contributed by atoms with Crippen LogP contribution in [0.2, 0.25) is 0 Å². The van der Waals surface area contributed by atoms with Crippen molar-refractivity contribution in [3.05, 3.63) is 71.9 Å². The number of benzene rings is 2. The number of anilines is 1. The van der Waals surface area contributed by atoms with E-state index in [2.05, 4.69) is 15.6 Å². The molecule has 2 N–H and O–H groups in total. The standard InChI is InChI=1S/C23H22F3N3O2/c1-15(29-30)21(28-17-9-7-16(8-10-17)20-11-14-27-31-20)22(12-4-13-22)18-5-2-3-6-19(18)23(24,25)26/h2-3,5-11,14,21,28,30H,4,12-13H2,1H3. The molecule has 0 aliphatic heterocycles. The van der Waals surface area contributed by atoms with Gasteiger partial charge in [0.2, 0.25) is 0 Å². The first-order valence-corrected chi connectivity index (χ1v) is 9.98. The molecule has 31 heavy (non-hydrogen) atoms. The molecule has 4 rings (SSSR count). The van der Waals surface area contributed by atoms with Gasteiger partial charge in [-0.3, -0.25) is 0 Å². The van der Waals surface area contributed by atoms with Crippen LogP contribution in [0.25, 0.3) is 11.3 Å². The zero-order valence-electron chi connectivity index (χ0n) is 16.9. The molecular weight excluding hydrogens is 407 g/mol. The van der Waals surface area contributed by atoms with Crippen molar-refractivity contribution in [1.29, 1.82) is 0 Å². The van der Waals surface area contributed by atoms with Crippen molar-refractivity contribution in [2.75, 3.05) is 5.32 Å². The molecule has 1 aromatic heterocycles. The van der Waals surface area contributed by atoms with E-state index in [0.29, 0.717) is 30.0 Å². The van der Waals surface area contributed by atoms with E-state index in [4.69, 9.17) is 4.52 Å². The van der Waals surface area contributed by atoms with Gasteiger partial charge in [0.25, 0.3) is 0 Å². The van der Waals surface area contributed by atoms with Gasteiger partial charge in [0, 0.05) is 22.7 Å². The second kappa shape index (κ2) is 8.09. The summed E-state index contributed by atoms with van der Waals surface area (Å²) in [5, 5.41) is 19.9. The van der Waals surface area contributed by atoms with E-state index in [1.807, 2.05) is 24.3 Å². The lowest BCUT2D eigenvalue weighted by Gasteiger charge is -2.49. The minimum Gasteiger partial charge on any atom is -0.411 e. The van der Waals surface area contributed by atoms with Crippen LogP contribution in [0.3, 0.4) is 0 Å². The number of halogens is 3. The molecule has 0 radical (unpaired) electrons. The molecule has 0 spiro atoms. The number of rotatable bonds is 6. The zero-order valence-corrected chi connectivity index (χ0v) is 16.9. The Bertz CT molecular complexity index is 1060. The van der Waals surface area contributed by atoms with Gasteiger partial charge in [-0.05, 0) is 55.7 Å². The molecule has 1 aliphatic rings. The third-order valence-electron chi connectivity index (χ3n) is 6.06. The number of nitrogens with zero attached hydrogens (tertiary/aromatic N) is 2. The summed E-state index contributed by atoms with van der Waals surface area (Å²) in [5.41, 5.74) is 0.614. The average Bonchev–Trinajstić information content (AvgIpc) is 3.27. The van der Waals surface area contributed by atoms with Gasteiger partial charge in [-0.15, -0.1) is 0 Å². The number of aromatic nitrogens is 1. The number of nitrogens with one attached hydrogen (secondary N) is 1. The number of alkyl halides is 3. The van der Waals surface area contributed by atoms with Gasteiger partial charge >= 0.3 is 6.18 Å². The first-order chi connectivity index (χ1) is 14.8. The maximum absolute atomic E-state index is 13.8. The van der Waals surface area contributed by atoms with Crippen LogP contribution >= 0.6 is 0 Å². The maximum Gasteiger partial charge on any atom is 0.416 e. The lowest BCUT2D eigenvalue weighted by Crippen LogP contribution is -2.53. The van der Waals surface area contributed by atoms with Crippen molar-refractivity contribution in [2.24, 2.45) is 5.16 Å². The van der Waals surface area contributed by atoms with Crippen molar-refractivity contribution in [3.63, 3.8) is 0 Å². The fourth-order valence-corrected chi connectivity index (χ4v) is 4.40. The molecule has 0 amide bonds. The molecule has 0 saturated heterocycles. The predicted molar refractivity (Wildman–Crippen MR) is 111 cm³/mol. The molecule has 8 heteroatoms. The Morgan fingerprint density at radius 2 is 1.84 bits per heavy atom. The Morgan fingerprint density at radius 3 is 2.39 bits per heavy atom. The van der Waals surface area contributed by atoms with E-state index < -0.39 is 23.2 Å². The van der Waals surface area contributed by atoms with Gasteiger partial charge in [0.1, 0.15) is 0 Å². The predicted octanol–water partition coefficient (Wildman–Crippen LogP) is 6.11. The largest absolute Gasteiger partial charge is 0.416 e. The topological polar surface area (TPSA) is 70.7 Å². The zero-order chi connectivity index (χ0) is 22.1. The Kier molecular flexibility index (Phi) is 5.47. The van der Waals surface area contributed by atoms with Crippen molar-refractivity contribution < 1.29 is 22.9 Å². The van der Waals surface area contributed by atoms with Crippen LogP contribution in [0.5, 0.6) is 0 Å². The van der Waals surface area contributed by atoms with E-state index in [-0.39, 0.29) is 5.56 Å². The van der Waals surface area contributed by atoms with E-state index in [1.165, 1.54) is 12.1 Å². The minimum atomic E-state index is -4.47. The second-order valence-electron chi connectivity index (χ2n) is 7.83. The fraction of sp³-hybridized carbons (Fsp3) is 0.304. The maximum atomic E-state index is 13.8. The lowest BCUT2D eigenvalue weighted by atomic mass is 9.58. The summed E-state index contributed by atoms with van der Waals surface area (Å²) in [6, 6.07) is 14.1. The third kappa shape index (κ3) is 3.89. The summed E-state index contributed by atoms with van der Waals surface area (Å²) in [4.78, 5) is 0. The number of hydrogen-bond acceptors (Lipinski definition) is 5. The van der Waals surface area contributed by atoms with Crippen LogP contribution in [0.1, 0.15) is 37.3 Å². The van der Waals surface area contributed by atoms with Crippen molar-refractivity contribution in [3.8, 4) is 11.3 Å². The Morgan fingerprint density at radius 1 is 1.13 bits per heavy atom. The van der Waals surface area contributed by atoms with Crippen LogP contribution in [-0.4, -0.2) is 22.1 Å². The van der Waals surface area contributed by atoms with Crippen LogP contribution in [-0.2, 0) is 11.6 Å². The van der Waals surface area contributed by atoms with Gasteiger partial charge in [-0.1, -0.05) is 34.9 Å². The van der Waals surface area contributed by atoms with Crippen LogP contribution < -0.4 is 5.32 Å². The summed E-state index contributed by atoms with van der Waals surface area (Å²) < 4.78 is 46.5. The number of hydrogen-bond donors (Lipinski definition) is 2. The molecule has 1 saturated carbocycles. The first kappa shape index (κ1) is 21.0. The van der Waals surface area contributed by atoms with Crippen molar-refractivity contribution in [2.45, 2.75) is 43.8 Å². The highest BCUT2D eigenvalue weighted by Gasteiger charge is 2.51. The van der Waals surface area contributed by atoms with Crippen molar-refractivity contribution in [1.82, 2.24) is 5.16 Å². The molecule has 3 aromatic rings. The molecule has 1 fully saturated rings. The van der Waals surface area contributed by atoms with Gasteiger partial charge in [0.15, 0.2) is 5.76 Å². The van der Waals surface area contributed by atoms with E-state index in [9.17, 15) is 18.4 Å². The normalized spacial score (nSPS) is 17.1. The molecule has 1 atom stereocenters. The van der Waals surface area contributed by atoms with E-state index in [1.54, 1.807) is 25.3 Å². The molecule has 1 aliphatic carbocycles. The first-order valence-electron chi connectivity index (χ1n) is 9.98. The molecule has 5 nitrogen and oxygen atoms in total. The average molecular weight is 429 g/mol. The molecule has 1 unspecified atom stereocenters. The quantitative estimate of drug-likeness (QED) is 0.282. The summed E-state index contributed by atoms with van der Waals surface area (Å²) >= 11 is 0. The SMILES string of the molecule is CC(=NO)C(Nc1ccc(-c2ccno2)cc1)C1(c2ccccc2C(F)(F)F)CCC1. The Hall–Kier alpha value is -3.29. The summed E-state index contributed by atoms with van der Waals surface area (Å²) in [5.74, 6) is 0.616. The van der Waals surface area contributed by atoms with Gasteiger partial charge in [-0.2, -0.15) is 13.2 Å². The minimum absolute atomic E-state index is 0.229. The molecule has 162 valence electrons. The van der Waals surface area contributed by atoms with Gasteiger partial charge < -0.3 is 15.0 Å². The van der Waals surface area contributed by atoms with Gasteiger partial charge in [-0.25, -0.2) is 0 Å². The fourth-order valence-electron chi connectivity index (χ4n) is 4.40. The van der Waals surface area contributed by atoms with E-state index in [0.717, 1.165) is 18.1 Å². The van der Waals surface area contributed by atoms with Crippen LogP contribution in [0.4, 0.5) is 18.9 Å². The monoisotopic (exact) mass is 429 g/mol. The molecular formula is C23H22F3N3O2. The highest BCUT2D eigenvalue weighted by atomic mass is 19.4. The summed E-state index contributed by atoms with van der Waals surface area (Å²) in [6.07, 6.45) is -1.00. The third-order valence-corrected chi connectivity index (χ3v) is 6.06. The van der Waals surface area contributed by atoms with Crippen LogP contribution in [0, 0.1) is 0 Å². The Balaban J connectivity index is 1.71. The smallest absolute Gasteiger partial charge is 0.411 e. The molecule has 1 heterocycles. The second-order valence-corrected chi connectivity index (χ2v) is 7.83. The lowest BCUT2D eigenvalue weighted by molar-refractivity contribution is -0.139. The summed E-state index contributed by atoms with van der Waals surface area (Å²) in [6.45, 7) is 1.62. The highest BCUT2D eigenvalue weighted by Crippen LogP contribution is 2.51. The summed E-state index contributed by atoms with van der Waals surface area (Å²) in [7, 11) is 0. The van der Waals surface area contributed by atoms with Gasteiger partial charge in [0.05, 0.1) is 23.5 Å². The van der Waals surface area contributed by atoms with Crippen LogP contribution in [0.15, 0.2) is 70.5 Å². The van der Waals surface area contributed by atoms with Crippen molar-refractivity contribution >= 4 is 11.4 Å². The molecule has 0 bridgehead atoms. The van der Waals surface area contributed by atoms with E-state index >= 15 is 0 Å².